The minimum Gasteiger partial charge on any atom is -0.384 e. The van der Waals surface area contributed by atoms with Crippen molar-refractivity contribution in [2.75, 3.05) is 0 Å². The first-order valence-corrected chi connectivity index (χ1v) is 4.88. The fourth-order valence-electron chi connectivity index (χ4n) is 1.13. The summed E-state index contributed by atoms with van der Waals surface area (Å²) in [6.07, 6.45) is -4.51. The number of aromatic nitrogens is 1. The van der Waals surface area contributed by atoms with Crippen LogP contribution in [0.25, 0.3) is 0 Å². The molecule has 0 aliphatic heterocycles. The fourth-order valence-corrected chi connectivity index (χ4v) is 1.44. The third kappa shape index (κ3) is 2.92. The highest BCUT2D eigenvalue weighted by Gasteiger charge is 2.38. The number of hydrogen-bond acceptors (Lipinski definition) is 2. The van der Waals surface area contributed by atoms with Crippen molar-refractivity contribution in [2.45, 2.75) is 25.6 Å². The zero-order valence-electron chi connectivity index (χ0n) is 8.06. The second-order valence-corrected chi connectivity index (χ2v) is 4.40. The van der Waals surface area contributed by atoms with E-state index in [1.54, 1.807) is 0 Å². The third-order valence-electron chi connectivity index (χ3n) is 1.75. The van der Waals surface area contributed by atoms with Crippen LogP contribution in [0.2, 0.25) is 0 Å². The van der Waals surface area contributed by atoms with Gasteiger partial charge in [-0.1, -0.05) is 0 Å². The molecule has 15 heavy (non-hydrogen) atoms. The van der Waals surface area contributed by atoms with E-state index in [0.717, 1.165) is 6.07 Å². The van der Waals surface area contributed by atoms with Crippen molar-refractivity contribution in [3.63, 3.8) is 0 Å². The van der Waals surface area contributed by atoms with Crippen molar-refractivity contribution < 1.29 is 18.3 Å². The zero-order chi connectivity index (χ0) is 11.9. The maximum Gasteiger partial charge on any atom is 0.418 e. The van der Waals surface area contributed by atoms with Crippen LogP contribution in [0.1, 0.15) is 25.1 Å². The van der Waals surface area contributed by atoms with Crippen LogP contribution in [-0.4, -0.2) is 10.1 Å². The summed E-state index contributed by atoms with van der Waals surface area (Å²) < 4.78 is 37.9. The molecule has 0 aliphatic carbocycles. The van der Waals surface area contributed by atoms with E-state index in [2.05, 4.69) is 20.9 Å². The minimum atomic E-state index is -4.51. The molecule has 1 aromatic heterocycles. The number of nitrogens with zero attached hydrogens (tertiary/aromatic N) is 1. The lowest BCUT2D eigenvalue weighted by atomic mass is 9.99. The standard InChI is InChI=1S/C9H9BrF3NO/c1-8(2,15)7-5(9(11,12)13)3-4-6(10)14-7/h3-4,15H,1-2H3. The van der Waals surface area contributed by atoms with Crippen molar-refractivity contribution in [1.82, 2.24) is 4.98 Å². The van der Waals surface area contributed by atoms with Crippen LogP contribution in [0.4, 0.5) is 13.2 Å². The highest BCUT2D eigenvalue weighted by molar-refractivity contribution is 9.10. The predicted octanol–water partition coefficient (Wildman–Crippen LogP) is 3.09. The molecule has 1 heterocycles. The number of hydrogen-bond donors (Lipinski definition) is 1. The summed E-state index contributed by atoms with van der Waals surface area (Å²) in [4.78, 5) is 3.66. The molecule has 1 rings (SSSR count). The first-order chi connectivity index (χ1) is 6.62. The van der Waals surface area contributed by atoms with Crippen molar-refractivity contribution in [3.8, 4) is 0 Å². The first-order valence-electron chi connectivity index (χ1n) is 4.09. The molecule has 2 nitrogen and oxygen atoms in total. The average Bonchev–Trinajstić information content (AvgIpc) is 2.00. The fraction of sp³-hybridized carbons (Fsp3) is 0.444. The van der Waals surface area contributed by atoms with E-state index < -0.39 is 17.3 Å². The molecule has 0 saturated heterocycles. The highest BCUT2D eigenvalue weighted by atomic mass is 79.9. The van der Waals surface area contributed by atoms with Gasteiger partial charge in [-0.15, -0.1) is 0 Å². The maximum atomic E-state index is 12.5. The van der Waals surface area contributed by atoms with Crippen LogP contribution in [0, 0.1) is 0 Å². The molecule has 0 atom stereocenters. The van der Waals surface area contributed by atoms with Crippen molar-refractivity contribution >= 4 is 15.9 Å². The lowest BCUT2D eigenvalue weighted by Crippen LogP contribution is -2.24. The lowest BCUT2D eigenvalue weighted by molar-refractivity contribution is -0.140. The van der Waals surface area contributed by atoms with Gasteiger partial charge in [0, 0.05) is 0 Å². The Morgan fingerprint density at radius 2 is 1.80 bits per heavy atom. The second kappa shape index (κ2) is 3.75. The van der Waals surface area contributed by atoms with Crippen LogP contribution < -0.4 is 0 Å². The van der Waals surface area contributed by atoms with Gasteiger partial charge in [0.1, 0.15) is 10.2 Å². The van der Waals surface area contributed by atoms with Gasteiger partial charge in [0.2, 0.25) is 0 Å². The van der Waals surface area contributed by atoms with E-state index >= 15 is 0 Å². The summed E-state index contributed by atoms with van der Waals surface area (Å²) >= 11 is 2.97. The molecule has 0 saturated carbocycles. The number of rotatable bonds is 1. The van der Waals surface area contributed by atoms with E-state index in [-0.39, 0.29) is 10.3 Å². The number of alkyl halides is 3. The summed E-state index contributed by atoms with van der Waals surface area (Å²) in [5.74, 6) is 0. The topological polar surface area (TPSA) is 33.1 Å². The van der Waals surface area contributed by atoms with Gasteiger partial charge >= 0.3 is 6.18 Å². The SMILES string of the molecule is CC(C)(O)c1nc(Br)ccc1C(F)(F)F. The number of pyridine rings is 1. The highest BCUT2D eigenvalue weighted by Crippen LogP contribution is 2.36. The number of aliphatic hydroxyl groups is 1. The number of halogens is 4. The Morgan fingerprint density at radius 3 is 2.20 bits per heavy atom. The molecule has 0 amide bonds. The Labute approximate surface area is 93.3 Å². The summed E-state index contributed by atoms with van der Waals surface area (Å²) in [6, 6.07) is 2.09. The molecule has 0 spiro atoms. The minimum absolute atomic E-state index is 0.257. The Kier molecular flexibility index (Phi) is 3.11. The molecule has 0 radical (unpaired) electrons. The van der Waals surface area contributed by atoms with Gasteiger partial charge in [0.25, 0.3) is 0 Å². The van der Waals surface area contributed by atoms with Crippen molar-refractivity contribution in [2.24, 2.45) is 0 Å². The van der Waals surface area contributed by atoms with E-state index in [1.807, 2.05) is 0 Å². The molecular formula is C9H9BrF3NO. The molecule has 0 aliphatic rings. The van der Waals surface area contributed by atoms with E-state index in [9.17, 15) is 18.3 Å². The van der Waals surface area contributed by atoms with Gasteiger partial charge in [0.15, 0.2) is 0 Å². The van der Waals surface area contributed by atoms with Crippen molar-refractivity contribution in [1.29, 1.82) is 0 Å². The summed E-state index contributed by atoms with van der Waals surface area (Å²) in [6.45, 7) is 2.52. The quantitative estimate of drug-likeness (QED) is 0.804. The molecule has 1 aromatic rings. The molecule has 1 N–H and O–H groups in total. The van der Waals surface area contributed by atoms with Gasteiger partial charge in [-0.3, -0.25) is 0 Å². The molecule has 84 valence electrons. The van der Waals surface area contributed by atoms with E-state index in [4.69, 9.17) is 0 Å². The van der Waals surface area contributed by atoms with E-state index in [1.165, 1.54) is 19.9 Å². The molecular weight excluding hydrogens is 275 g/mol. The van der Waals surface area contributed by atoms with Crippen molar-refractivity contribution in [3.05, 3.63) is 28.0 Å². The predicted molar refractivity (Wildman–Crippen MR) is 52.2 cm³/mol. The largest absolute Gasteiger partial charge is 0.418 e. The monoisotopic (exact) mass is 283 g/mol. The lowest BCUT2D eigenvalue weighted by Gasteiger charge is -2.21. The van der Waals surface area contributed by atoms with Gasteiger partial charge < -0.3 is 5.11 Å². The van der Waals surface area contributed by atoms with Gasteiger partial charge in [0.05, 0.1) is 11.3 Å². The molecule has 6 heteroatoms. The van der Waals surface area contributed by atoms with Gasteiger partial charge in [-0.25, -0.2) is 4.98 Å². The molecule has 0 fully saturated rings. The summed E-state index contributed by atoms with van der Waals surface area (Å²) in [5.41, 5.74) is -2.93. The summed E-state index contributed by atoms with van der Waals surface area (Å²) in [5, 5.41) is 9.57. The van der Waals surface area contributed by atoms with Crippen LogP contribution >= 0.6 is 15.9 Å². The normalized spacial score (nSPS) is 13.0. The Morgan fingerprint density at radius 1 is 1.27 bits per heavy atom. The Hall–Kier alpha value is -0.620. The van der Waals surface area contributed by atoms with Crippen LogP contribution in [0.3, 0.4) is 0 Å². The Bertz CT molecular complexity index is 371. The first kappa shape index (κ1) is 12.4. The maximum absolute atomic E-state index is 12.5. The van der Waals surface area contributed by atoms with Crippen LogP contribution in [0.15, 0.2) is 16.7 Å². The zero-order valence-corrected chi connectivity index (χ0v) is 9.65. The molecule has 0 aromatic carbocycles. The van der Waals surface area contributed by atoms with E-state index in [0.29, 0.717) is 0 Å². The third-order valence-corrected chi connectivity index (χ3v) is 2.19. The second-order valence-electron chi connectivity index (χ2n) is 3.59. The average molecular weight is 284 g/mol. The molecule has 0 bridgehead atoms. The summed E-state index contributed by atoms with van der Waals surface area (Å²) in [7, 11) is 0. The van der Waals surface area contributed by atoms with Crippen LogP contribution in [-0.2, 0) is 11.8 Å². The Balaban J connectivity index is 3.41. The van der Waals surface area contributed by atoms with Gasteiger partial charge in [-0.2, -0.15) is 13.2 Å². The smallest absolute Gasteiger partial charge is 0.384 e. The van der Waals surface area contributed by atoms with Gasteiger partial charge in [-0.05, 0) is 41.9 Å². The van der Waals surface area contributed by atoms with Crippen LogP contribution in [0.5, 0.6) is 0 Å². The molecule has 0 unspecified atom stereocenters.